The Kier molecular flexibility index (Phi) is 3.88. The molecule has 0 spiro atoms. The van der Waals surface area contributed by atoms with Gasteiger partial charge in [0.25, 0.3) is 5.56 Å². The maximum atomic E-state index is 12.0. The van der Waals surface area contributed by atoms with Gasteiger partial charge in [0.15, 0.2) is 5.65 Å². The van der Waals surface area contributed by atoms with E-state index >= 15 is 0 Å². The molecule has 0 atom stereocenters. The zero-order valence-corrected chi connectivity index (χ0v) is 13.1. The van der Waals surface area contributed by atoms with Crippen molar-refractivity contribution in [3.8, 4) is 6.07 Å². The minimum atomic E-state index is -0.266. The molecule has 3 aromatic heterocycles. The highest BCUT2D eigenvalue weighted by Crippen LogP contribution is 2.22. The van der Waals surface area contributed by atoms with Crippen LogP contribution < -0.4 is 5.56 Å². The highest BCUT2D eigenvalue weighted by Gasteiger charge is 2.16. The van der Waals surface area contributed by atoms with Gasteiger partial charge in [0.1, 0.15) is 21.8 Å². The van der Waals surface area contributed by atoms with E-state index in [1.54, 1.807) is 23.0 Å². The van der Waals surface area contributed by atoms with Crippen molar-refractivity contribution in [2.45, 2.75) is 11.6 Å². The average molecular weight is 332 g/mol. The van der Waals surface area contributed by atoms with Crippen LogP contribution in [-0.4, -0.2) is 25.4 Å². The number of hydrogen-bond acceptors (Lipinski definition) is 5. The topological polar surface area (TPSA) is 76.0 Å². The molecule has 0 fully saturated rings. The van der Waals surface area contributed by atoms with Crippen molar-refractivity contribution >= 4 is 29.0 Å². The van der Waals surface area contributed by atoms with Gasteiger partial charge in [-0.1, -0.05) is 17.7 Å². The number of rotatable bonds is 3. The zero-order valence-electron chi connectivity index (χ0n) is 11.5. The summed E-state index contributed by atoms with van der Waals surface area (Å²) in [7, 11) is 0. The third-order valence-corrected chi connectivity index (χ3v) is 4.05. The molecule has 110 valence electrons. The second kappa shape index (κ2) is 5.83. The fourth-order valence-electron chi connectivity index (χ4n) is 2.17. The highest BCUT2D eigenvalue weighted by molar-refractivity contribution is 7.98. The molecule has 3 rings (SSSR count). The number of halogens is 1. The van der Waals surface area contributed by atoms with Gasteiger partial charge in [0, 0.05) is 18.5 Å². The number of thioether (sulfide) groups is 1. The maximum Gasteiger partial charge on any atom is 0.274 e. The van der Waals surface area contributed by atoms with E-state index in [0.29, 0.717) is 27.9 Å². The van der Waals surface area contributed by atoms with Gasteiger partial charge in [-0.3, -0.25) is 4.79 Å². The summed E-state index contributed by atoms with van der Waals surface area (Å²) in [4.78, 5) is 16.0. The van der Waals surface area contributed by atoms with E-state index < -0.39 is 0 Å². The van der Waals surface area contributed by atoms with Crippen molar-refractivity contribution < 1.29 is 0 Å². The summed E-state index contributed by atoms with van der Waals surface area (Å²) < 4.78 is 3.06. The highest BCUT2D eigenvalue weighted by atomic mass is 35.5. The molecule has 0 aromatic carbocycles. The third kappa shape index (κ3) is 2.47. The molecule has 0 saturated carbocycles. The molecule has 22 heavy (non-hydrogen) atoms. The van der Waals surface area contributed by atoms with Gasteiger partial charge in [-0.05, 0) is 17.9 Å². The van der Waals surface area contributed by atoms with E-state index in [-0.39, 0.29) is 5.56 Å². The van der Waals surface area contributed by atoms with Gasteiger partial charge >= 0.3 is 0 Å². The Hall–Kier alpha value is -2.30. The number of fused-ring (bicyclic) bond motifs is 1. The molecule has 3 heterocycles. The predicted octanol–water partition coefficient (Wildman–Crippen LogP) is 2.19. The van der Waals surface area contributed by atoms with Crippen LogP contribution in [0.3, 0.4) is 0 Å². The lowest BCUT2D eigenvalue weighted by molar-refractivity contribution is 0.754. The molecule has 0 aliphatic rings. The summed E-state index contributed by atoms with van der Waals surface area (Å²) in [6, 6.07) is 7.11. The van der Waals surface area contributed by atoms with E-state index in [4.69, 9.17) is 11.6 Å². The first-order chi connectivity index (χ1) is 10.6. The zero-order chi connectivity index (χ0) is 15.7. The lowest BCUT2D eigenvalue weighted by atomic mass is 10.2. The van der Waals surface area contributed by atoms with Crippen molar-refractivity contribution in [2.75, 3.05) is 6.26 Å². The van der Waals surface area contributed by atoms with Crippen molar-refractivity contribution in [1.29, 1.82) is 5.26 Å². The van der Waals surface area contributed by atoms with Crippen LogP contribution in [0.2, 0.25) is 5.15 Å². The molecular weight excluding hydrogens is 322 g/mol. The molecule has 0 radical (unpaired) electrons. The van der Waals surface area contributed by atoms with Gasteiger partial charge in [0.2, 0.25) is 0 Å². The van der Waals surface area contributed by atoms with Crippen molar-refractivity contribution in [1.82, 2.24) is 19.2 Å². The molecule has 0 unspecified atom stereocenters. The normalized spacial score (nSPS) is 10.8. The molecular formula is C14H10ClN5OS. The summed E-state index contributed by atoms with van der Waals surface area (Å²) in [6.07, 6.45) is 5.13. The van der Waals surface area contributed by atoms with Gasteiger partial charge in [-0.25, -0.2) is 4.98 Å². The quantitative estimate of drug-likeness (QED) is 0.543. The van der Waals surface area contributed by atoms with Crippen molar-refractivity contribution in [3.63, 3.8) is 0 Å². The Balaban J connectivity index is 2.19. The molecule has 0 aliphatic heterocycles. The van der Waals surface area contributed by atoms with Crippen LogP contribution in [-0.2, 0) is 6.54 Å². The van der Waals surface area contributed by atoms with Crippen LogP contribution in [0.1, 0.15) is 11.1 Å². The summed E-state index contributed by atoms with van der Waals surface area (Å²) >= 11 is 7.12. The Morgan fingerprint density at radius 1 is 1.41 bits per heavy atom. The number of nitrogens with zero attached hydrogens (tertiary/aromatic N) is 5. The number of nitriles is 1. The summed E-state index contributed by atoms with van der Waals surface area (Å²) in [5.41, 5.74) is 1.52. The fourth-order valence-corrected chi connectivity index (χ4v) is 2.78. The Morgan fingerprint density at radius 3 is 2.86 bits per heavy atom. The van der Waals surface area contributed by atoms with E-state index in [1.807, 2.05) is 12.3 Å². The molecule has 8 heteroatoms. The van der Waals surface area contributed by atoms with E-state index in [1.165, 1.54) is 22.3 Å². The standard InChI is InChI=1S/C14H10ClN5OS/c1-22-13-10(6-16)14-19(5-4-12(21)20(14)18-13)8-9-2-3-11(15)17-7-9/h2-5,7H,8H2,1H3. The second-order valence-corrected chi connectivity index (χ2v) is 5.68. The first-order valence-corrected chi connectivity index (χ1v) is 7.91. The van der Waals surface area contributed by atoms with Gasteiger partial charge < -0.3 is 4.57 Å². The summed E-state index contributed by atoms with van der Waals surface area (Å²) in [5.74, 6) is 0. The fraction of sp³-hybridized carbons (Fsp3) is 0.143. The maximum absolute atomic E-state index is 12.0. The summed E-state index contributed by atoms with van der Waals surface area (Å²) in [5, 5.41) is 14.6. The Bertz CT molecular complexity index is 939. The molecule has 0 N–H and O–H groups in total. The average Bonchev–Trinajstić information content (AvgIpc) is 2.92. The van der Waals surface area contributed by atoms with Crippen LogP contribution in [0, 0.1) is 11.3 Å². The SMILES string of the molecule is CSc1nn2c(=O)ccn(Cc3ccc(Cl)nc3)c2c1C#N. The van der Waals surface area contributed by atoms with E-state index in [2.05, 4.69) is 16.2 Å². The molecule has 0 aliphatic carbocycles. The third-order valence-electron chi connectivity index (χ3n) is 3.15. The summed E-state index contributed by atoms with van der Waals surface area (Å²) in [6.45, 7) is 0.460. The monoisotopic (exact) mass is 331 g/mol. The van der Waals surface area contributed by atoms with Crippen LogP contribution in [0.4, 0.5) is 0 Å². The largest absolute Gasteiger partial charge is 0.327 e. The van der Waals surface area contributed by atoms with Crippen LogP contribution in [0.5, 0.6) is 0 Å². The van der Waals surface area contributed by atoms with Crippen LogP contribution in [0.15, 0.2) is 40.4 Å². The van der Waals surface area contributed by atoms with Crippen LogP contribution in [0.25, 0.3) is 5.65 Å². The van der Waals surface area contributed by atoms with Crippen molar-refractivity contribution in [2.24, 2.45) is 0 Å². The van der Waals surface area contributed by atoms with Gasteiger partial charge in [-0.15, -0.1) is 11.8 Å². The Labute approximate surface area is 135 Å². The van der Waals surface area contributed by atoms with Crippen molar-refractivity contribution in [3.05, 3.63) is 57.2 Å². The number of aromatic nitrogens is 4. The van der Waals surface area contributed by atoms with E-state index in [9.17, 15) is 10.1 Å². The molecule has 0 bridgehead atoms. The minimum absolute atomic E-state index is 0.266. The smallest absolute Gasteiger partial charge is 0.274 e. The van der Waals surface area contributed by atoms with Gasteiger partial charge in [0.05, 0.1) is 6.54 Å². The van der Waals surface area contributed by atoms with Gasteiger partial charge in [-0.2, -0.15) is 14.9 Å². The molecule has 0 amide bonds. The first kappa shape index (κ1) is 14.6. The first-order valence-electron chi connectivity index (χ1n) is 6.30. The lowest BCUT2D eigenvalue weighted by Crippen LogP contribution is -2.17. The second-order valence-electron chi connectivity index (χ2n) is 4.50. The minimum Gasteiger partial charge on any atom is -0.327 e. The van der Waals surface area contributed by atoms with E-state index in [0.717, 1.165) is 5.56 Å². The predicted molar refractivity (Wildman–Crippen MR) is 84.3 cm³/mol. The lowest BCUT2D eigenvalue weighted by Gasteiger charge is -2.08. The molecule has 6 nitrogen and oxygen atoms in total. The molecule has 0 saturated heterocycles. The van der Waals surface area contributed by atoms with Crippen LogP contribution >= 0.6 is 23.4 Å². The molecule has 3 aromatic rings. The Morgan fingerprint density at radius 2 is 2.23 bits per heavy atom. The number of hydrogen-bond donors (Lipinski definition) is 0. The number of pyridine rings is 1.